The normalized spacial score (nSPS) is 14.7. The van der Waals surface area contributed by atoms with Crippen molar-refractivity contribution in [1.82, 2.24) is 4.90 Å². The molecule has 0 saturated heterocycles. The molecule has 1 aromatic rings. The summed E-state index contributed by atoms with van der Waals surface area (Å²) in [6.45, 7) is 11.9. The molecule has 7 nitrogen and oxygen atoms in total. The van der Waals surface area contributed by atoms with Gasteiger partial charge in [-0.05, 0) is 56.2 Å². The van der Waals surface area contributed by atoms with Gasteiger partial charge in [-0.2, -0.15) is 0 Å². The van der Waals surface area contributed by atoms with E-state index in [9.17, 15) is 5.11 Å². The van der Waals surface area contributed by atoms with Crippen LogP contribution in [-0.2, 0) is 15.9 Å². The summed E-state index contributed by atoms with van der Waals surface area (Å²) >= 11 is 0. The fraction of sp³-hybridized carbons (Fsp3) is 0.769. The zero-order valence-electron chi connectivity index (χ0n) is 21.9. The summed E-state index contributed by atoms with van der Waals surface area (Å²) in [6, 6.07) is 6.15. The van der Waals surface area contributed by atoms with Gasteiger partial charge in [0.25, 0.3) is 0 Å². The van der Waals surface area contributed by atoms with Gasteiger partial charge in [-0.15, -0.1) is 0 Å². The molecule has 0 amide bonds. The minimum Gasteiger partial charge on any atom is -0.493 e. The molecule has 7 heteroatoms. The molecule has 33 heavy (non-hydrogen) atoms. The van der Waals surface area contributed by atoms with Gasteiger partial charge in [-0.1, -0.05) is 19.9 Å². The molecule has 0 saturated carbocycles. The molecule has 1 aromatic carbocycles. The lowest BCUT2D eigenvalue weighted by Crippen LogP contribution is -2.47. The van der Waals surface area contributed by atoms with Crippen LogP contribution in [-0.4, -0.2) is 82.4 Å². The van der Waals surface area contributed by atoms with E-state index in [1.807, 2.05) is 6.07 Å². The Kier molecular flexibility index (Phi) is 14.6. The highest BCUT2D eigenvalue weighted by atomic mass is 16.5. The van der Waals surface area contributed by atoms with E-state index in [1.54, 1.807) is 21.3 Å². The van der Waals surface area contributed by atoms with Gasteiger partial charge in [0, 0.05) is 52.4 Å². The lowest BCUT2D eigenvalue weighted by Gasteiger charge is -2.32. The number of aliphatic hydroxyl groups is 1. The number of aliphatic hydroxyl groups excluding tert-OH is 1. The van der Waals surface area contributed by atoms with E-state index in [0.29, 0.717) is 44.2 Å². The summed E-state index contributed by atoms with van der Waals surface area (Å²) in [5, 5.41) is 10.8. The molecule has 0 unspecified atom stereocenters. The second-order valence-corrected chi connectivity index (χ2v) is 9.44. The van der Waals surface area contributed by atoms with E-state index in [2.05, 4.69) is 44.7 Å². The van der Waals surface area contributed by atoms with Crippen LogP contribution in [0.4, 0.5) is 0 Å². The Bertz CT molecular complexity index is 641. The molecule has 0 aliphatic carbocycles. The molecule has 0 radical (unpaired) electrons. The molecule has 3 N–H and O–H groups in total. The van der Waals surface area contributed by atoms with Crippen LogP contribution in [0, 0.1) is 11.8 Å². The van der Waals surface area contributed by atoms with Crippen molar-refractivity contribution in [2.75, 3.05) is 54.2 Å². The first-order chi connectivity index (χ1) is 15.7. The molecule has 0 heterocycles. The fourth-order valence-electron chi connectivity index (χ4n) is 3.89. The van der Waals surface area contributed by atoms with Gasteiger partial charge in [0.05, 0.1) is 26.4 Å². The first kappa shape index (κ1) is 29.7. The van der Waals surface area contributed by atoms with Crippen molar-refractivity contribution in [2.45, 2.75) is 65.1 Å². The van der Waals surface area contributed by atoms with Crippen molar-refractivity contribution >= 4 is 0 Å². The number of ether oxygens (including phenoxy) is 4. The van der Waals surface area contributed by atoms with Crippen LogP contribution in [0.5, 0.6) is 11.5 Å². The quantitative estimate of drug-likeness (QED) is 0.320. The molecule has 0 aliphatic rings. The van der Waals surface area contributed by atoms with E-state index in [-0.39, 0.29) is 6.04 Å². The van der Waals surface area contributed by atoms with Crippen LogP contribution in [0.3, 0.4) is 0 Å². The lowest BCUT2D eigenvalue weighted by molar-refractivity contribution is 0.0527. The van der Waals surface area contributed by atoms with Crippen LogP contribution < -0.4 is 15.2 Å². The highest BCUT2D eigenvalue weighted by Crippen LogP contribution is 2.31. The van der Waals surface area contributed by atoms with Gasteiger partial charge in [0.2, 0.25) is 0 Å². The van der Waals surface area contributed by atoms with Crippen LogP contribution in [0.15, 0.2) is 18.2 Å². The number of rotatable bonds is 18. The molecular weight excluding hydrogens is 420 g/mol. The van der Waals surface area contributed by atoms with Crippen LogP contribution >= 0.6 is 0 Å². The minimum atomic E-state index is -0.582. The zero-order chi connectivity index (χ0) is 24.8. The summed E-state index contributed by atoms with van der Waals surface area (Å²) in [4.78, 5) is 2.22. The Hall–Kier alpha value is -1.38. The average molecular weight is 469 g/mol. The third-order valence-electron chi connectivity index (χ3n) is 6.22. The molecule has 0 fully saturated rings. The highest BCUT2D eigenvalue weighted by molar-refractivity contribution is 5.43. The number of benzene rings is 1. The maximum Gasteiger partial charge on any atom is 0.161 e. The number of hydrogen-bond acceptors (Lipinski definition) is 7. The summed E-state index contributed by atoms with van der Waals surface area (Å²) in [7, 11) is 5.04. The van der Waals surface area contributed by atoms with Gasteiger partial charge >= 0.3 is 0 Å². The molecule has 0 spiro atoms. The Morgan fingerprint density at radius 3 is 2.24 bits per heavy atom. The highest BCUT2D eigenvalue weighted by Gasteiger charge is 2.25. The molecule has 1 rings (SSSR count). The van der Waals surface area contributed by atoms with Crippen molar-refractivity contribution in [3.8, 4) is 11.5 Å². The Morgan fingerprint density at radius 1 is 0.970 bits per heavy atom. The summed E-state index contributed by atoms with van der Waals surface area (Å²) < 4.78 is 21.7. The van der Waals surface area contributed by atoms with Gasteiger partial charge in [-0.3, -0.25) is 4.90 Å². The van der Waals surface area contributed by atoms with Crippen LogP contribution in [0.1, 0.15) is 46.1 Å². The molecule has 0 aliphatic heterocycles. The van der Waals surface area contributed by atoms with Crippen molar-refractivity contribution in [3.63, 3.8) is 0 Å². The predicted octanol–water partition coefficient (Wildman–Crippen LogP) is 3.36. The van der Waals surface area contributed by atoms with Crippen molar-refractivity contribution < 1.29 is 24.1 Å². The number of methoxy groups -OCH3 is 3. The van der Waals surface area contributed by atoms with Gasteiger partial charge < -0.3 is 29.8 Å². The lowest BCUT2D eigenvalue weighted by atomic mass is 9.83. The third-order valence-corrected chi connectivity index (χ3v) is 6.22. The standard InChI is InChI=1S/C26H48N2O5/c1-19(2)22(17-23(27)24(29)18-28(20(3)4)11-14-31-6)15-21-9-10-25(32-7)26(16-21)33-13-8-12-30-5/h9-10,16,19-20,22-24,29H,8,11-15,17-18,27H2,1-7H3/t22-,23-,24-/m0/s1. The topological polar surface area (TPSA) is 86.4 Å². The van der Waals surface area contributed by atoms with E-state index >= 15 is 0 Å². The van der Waals surface area contributed by atoms with Crippen molar-refractivity contribution in [2.24, 2.45) is 17.6 Å². The Morgan fingerprint density at radius 2 is 1.67 bits per heavy atom. The smallest absolute Gasteiger partial charge is 0.161 e. The molecule has 192 valence electrons. The summed E-state index contributed by atoms with van der Waals surface area (Å²) in [6.07, 6.45) is 1.86. The maximum absolute atomic E-state index is 10.8. The zero-order valence-corrected chi connectivity index (χ0v) is 21.9. The second kappa shape index (κ2) is 16.3. The monoisotopic (exact) mass is 468 g/mol. The van der Waals surface area contributed by atoms with Crippen molar-refractivity contribution in [3.05, 3.63) is 23.8 Å². The third kappa shape index (κ3) is 11.1. The Balaban J connectivity index is 2.80. The number of hydrogen-bond donors (Lipinski definition) is 2. The maximum atomic E-state index is 10.8. The molecule has 3 atom stereocenters. The van der Waals surface area contributed by atoms with Gasteiger partial charge in [0.15, 0.2) is 11.5 Å². The van der Waals surface area contributed by atoms with E-state index in [0.717, 1.165) is 37.3 Å². The number of nitrogens with zero attached hydrogens (tertiary/aromatic N) is 1. The summed E-state index contributed by atoms with van der Waals surface area (Å²) in [5.41, 5.74) is 7.67. The van der Waals surface area contributed by atoms with E-state index in [4.69, 9.17) is 24.7 Å². The molecule has 0 aromatic heterocycles. The first-order valence-corrected chi connectivity index (χ1v) is 12.2. The van der Waals surface area contributed by atoms with E-state index < -0.39 is 6.10 Å². The second-order valence-electron chi connectivity index (χ2n) is 9.44. The molecular formula is C26H48N2O5. The van der Waals surface area contributed by atoms with Crippen LogP contribution in [0.25, 0.3) is 0 Å². The average Bonchev–Trinajstić information content (AvgIpc) is 2.78. The SMILES string of the molecule is COCCCOc1cc(C[C@@H](C[C@H](N)[C@@H](O)CN(CCOC)C(C)C)C(C)C)ccc1OC. The predicted molar refractivity (Wildman–Crippen MR) is 134 cm³/mol. The Labute approximate surface area is 201 Å². The largest absolute Gasteiger partial charge is 0.493 e. The number of nitrogens with two attached hydrogens (primary N) is 1. The first-order valence-electron chi connectivity index (χ1n) is 12.2. The minimum absolute atomic E-state index is 0.288. The summed E-state index contributed by atoms with van der Waals surface area (Å²) in [5.74, 6) is 2.26. The van der Waals surface area contributed by atoms with Gasteiger partial charge in [0.1, 0.15) is 0 Å². The van der Waals surface area contributed by atoms with E-state index in [1.165, 1.54) is 5.56 Å². The fourth-order valence-corrected chi connectivity index (χ4v) is 3.89. The van der Waals surface area contributed by atoms with Crippen molar-refractivity contribution in [1.29, 1.82) is 0 Å². The molecule has 0 bridgehead atoms. The van der Waals surface area contributed by atoms with Crippen LogP contribution in [0.2, 0.25) is 0 Å². The van der Waals surface area contributed by atoms with Gasteiger partial charge in [-0.25, -0.2) is 0 Å².